The molecule has 0 bridgehead atoms. The van der Waals surface area contributed by atoms with Crippen molar-refractivity contribution in [3.8, 4) is 0 Å². The SMILES string of the molecule is CCN1CCN(c2cccc3nc(Nc4ccnc(CO)c4)nn23)CC1. The van der Waals surface area contributed by atoms with Crippen LogP contribution < -0.4 is 10.2 Å². The maximum absolute atomic E-state index is 9.23. The summed E-state index contributed by atoms with van der Waals surface area (Å²) in [6, 6.07) is 9.68. The minimum absolute atomic E-state index is 0.0952. The molecular formula is C18H23N7O. The Labute approximate surface area is 152 Å². The molecule has 1 fully saturated rings. The first-order valence-corrected chi connectivity index (χ1v) is 8.92. The number of aliphatic hydroxyl groups excluding tert-OH is 1. The van der Waals surface area contributed by atoms with Crippen molar-refractivity contribution in [1.82, 2.24) is 24.5 Å². The summed E-state index contributed by atoms with van der Waals surface area (Å²) in [5.74, 6) is 1.59. The standard InChI is InChI=1S/C18H23N7O/c1-2-23-8-10-24(11-9-23)17-5-3-4-16-21-18(22-25(16)17)20-14-6-7-19-15(12-14)13-26/h3-7,12,26H,2,8-11,13H2,1H3,(H,19,20,22). The van der Waals surface area contributed by atoms with Gasteiger partial charge < -0.3 is 20.2 Å². The molecule has 3 aromatic heterocycles. The highest BCUT2D eigenvalue weighted by Crippen LogP contribution is 2.20. The molecule has 4 rings (SSSR count). The molecule has 26 heavy (non-hydrogen) atoms. The Morgan fingerprint density at radius 1 is 1.15 bits per heavy atom. The van der Waals surface area contributed by atoms with Crippen molar-refractivity contribution in [2.24, 2.45) is 0 Å². The van der Waals surface area contributed by atoms with E-state index >= 15 is 0 Å². The molecule has 0 amide bonds. The molecule has 2 N–H and O–H groups in total. The molecule has 0 saturated carbocycles. The van der Waals surface area contributed by atoms with Gasteiger partial charge in [0.25, 0.3) is 0 Å². The third-order valence-corrected chi connectivity index (χ3v) is 4.72. The molecule has 0 atom stereocenters. The Morgan fingerprint density at radius 3 is 2.77 bits per heavy atom. The zero-order valence-corrected chi connectivity index (χ0v) is 14.8. The van der Waals surface area contributed by atoms with E-state index in [-0.39, 0.29) is 6.61 Å². The summed E-state index contributed by atoms with van der Waals surface area (Å²) in [4.78, 5) is 13.5. The molecule has 0 unspecified atom stereocenters. The molecule has 0 aromatic carbocycles. The summed E-state index contributed by atoms with van der Waals surface area (Å²) in [5.41, 5.74) is 2.21. The molecule has 0 spiro atoms. The Morgan fingerprint density at radius 2 is 2.00 bits per heavy atom. The highest BCUT2D eigenvalue weighted by molar-refractivity contribution is 5.58. The lowest BCUT2D eigenvalue weighted by atomic mass is 10.3. The number of nitrogens with one attached hydrogen (secondary N) is 1. The summed E-state index contributed by atoms with van der Waals surface area (Å²) >= 11 is 0. The van der Waals surface area contributed by atoms with Gasteiger partial charge >= 0.3 is 0 Å². The predicted molar refractivity (Wildman–Crippen MR) is 101 cm³/mol. The number of nitrogens with zero attached hydrogens (tertiary/aromatic N) is 6. The van der Waals surface area contributed by atoms with Gasteiger partial charge in [0.15, 0.2) is 5.65 Å². The van der Waals surface area contributed by atoms with Gasteiger partial charge in [0.2, 0.25) is 5.95 Å². The van der Waals surface area contributed by atoms with E-state index in [9.17, 15) is 5.11 Å². The number of aliphatic hydroxyl groups is 1. The van der Waals surface area contributed by atoms with Gasteiger partial charge in [0.1, 0.15) is 5.82 Å². The topological polar surface area (TPSA) is 81.8 Å². The van der Waals surface area contributed by atoms with Crippen LogP contribution in [0, 0.1) is 0 Å². The number of hydrogen-bond acceptors (Lipinski definition) is 7. The highest BCUT2D eigenvalue weighted by atomic mass is 16.3. The van der Waals surface area contributed by atoms with Crippen LogP contribution in [0.25, 0.3) is 5.65 Å². The van der Waals surface area contributed by atoms with Crippen molar-refractivity contribution in [2.75, 3.05) is 42.9 Å². The number of hydrogen-bond donors (Lipinski definition) is 2. The van der Waals surface area contributed by atoms with E-state index in [2.05, 4.69) is 43.2 Å². The van der Waals surface area contributed by atoms with Gasteiger partial charge in [0, 0.05) is 38.1 Å². The summed E-state index contributed by atoms with van der Waals surface area (Å²) in [6.07, 6.45) is 1.66. The molecule has 1 aliphatic rings. The lowest BCUT2D eigenvalue weighted by molar-refractivity contribution is 0.270. The minimum atomic E-state index is -0.0952. The zero-order valence-electron chi connectivity index (χ0n) is 14.8. The monoisotopic (exact) mass is 353 g/mol. The minimum Gasteiger partial charge on any atom is -0.390 e. The number of aromatic nitrogens is 4. The molecule has 3 aromatic rings. The number of rotatable bonds is 5. The maximum Gasteiger partial charge on any atom is 0.247 e. The fourth-order valence-electron chi connectivity index (χ4n) is 3.25. The Bertz CT molecular complexity index is 886. The van der Waals surface area contributed by atoms with E-state index in [1.54, 1.807) is 12.3 Å². The first kappa shape index (κ1) is 16.7. The van der Waals surface area contributed by atoms with Gasteiger partial charge in [-0.15, -0.1) is 5.10 Å². The lowest BCUT2D eigenvalue weighted by Crippen LogP contribution is -2.46. The highest BCUT2D eigenvalue weighted by Gasteiger charge is 2.19. The van der Waals surface area contributed by atoms with Crippen LogP contribution in [0.5, 0.6) is 0 Å². The Hall–Kier alpha value is -2.71. The zero-order chi connectivity index (χ0) is 17.9. The van der Waals surface area contributed by atoms with E-state index < -0.39 is 0 Å². The van der Waals surface area contributed by atoms with E-state index in [1.165, 1.54) is 0 Å². The Balaban J connectivity index is 1.59. The second kappa shape index (κ2) is 7.27. The molecular weight excluding hydrogens is 330 g/mol. The smallest absolute Gasteiger partial charge is 0.247 e. The number of pyridine rings is 2. The quantitative estimate of drug-likeness (QED) is 0.719. The van der Waals surface area contributed by atoms with E-state index in [0.717, 1.165) is 49.9 Å². The van der Waals surface area contributed by atoms with Gasteiger partial charge in [-0.25, -0.2) is 0 Å². The van der Waals surface area contributed by atoms with Crippen molar-refractivity contribution in [3.63, 3.8) is 0 Å². The van der Waals surface area contributed by atoms with Gasteiger partial charge in [-0.05, 0) is 30.8 Å². The van der Waals surface area contributed by atoms with E-state index in [4.69, 9.17) is 0 Å². The van der Waals surface area contributed by atoms with Crippen LogP contribution in [0.4, 0.5) is 17.5 Å². The van der Waals surface area contributed by atoms with Crippen LogP contribution in [-0.4, -0.2) is 62.3 Å². The van der Waals surface area contributed by atoms with Crippen molar-refractivity contribution in [2.45, 2.75) is 13.5 Å². The third-order valence-electron chi connectivity index (χ3n) is 4.72. The normalized spacial score (nSPS) is 15.5. The van der Waals surface area contributed by atoms with Gasteiger partial charge in [-0.1, -0.05) is 13.0 Å². The first-order chi connectivity index (χ1) is 12.8. The van der Waals surface area contributed by atoms with Gasteiger partial charge in [0.05, 0.1) is 12.3 Å². The number of anilines is 3. The van der Waals surface area contributed by atoms with E-state index in [0.29, 0.717) is 11.6 Å². The average molecular weight is 353 g/mol. The summed E-state index contributed by atoms with van der Waals surface area (Å²) in [5, 5.41) is 17.1. The van der Waals surface area contributed by atoms with Crippen molar-refractivity contribution >= 4 is 23.1 Å². The van der Waals surface area contributed by atoms with Crippen molar-refractivity contribution in [3.05, 3.63) is 42.2 Å². The van der Waals surface area contributed by atoms with Crippen LogP contribution in [0.15, 0.2) is 36.5 Å². The Kier molecular flexibility index (Phi) is 4.68. The van der Waals surface area contributed by atoms with Crippen molar-refractivity contribution < 1.29 is 5.11 Å². The molecule has 4 heterocycles. The largest absolute Gasteiger partial charge is 0.390 e. The van der Waals surface area contributed by atoms with E-state index in [1.807, 2.05) is 22.7 Å². The molecule has 1 aliphatic heterocycles. The number of piperazine rings is 1. The maximum atomic E-state index is 9.23. The molecule has 8 heteroatoms. The van der Waals surface area contributed by atoms with Crippen molar-refractivity contribution in [1.29, 1.82) is 0 Å². The predicted octanol–water partition coefficient (Wildman–Crippen LogP) is 1.50. The fraction of sp³-hybridized carbons (Fsp3) is 0.389. The second-order valence-corrected chi connectivity index (χ2v) is 6.33. The molecule has 8 nitrogen and oxygen atoms in total. The second-order valence-electron chi connectivity index (χ2n) is 6.33. The van der Waals surface area contributed by atoms with Gasteiger partial charge in [-0.3, -0.25) is 4.98 Å². The summed E-state index contributed by atoms with van der Waals surface area (Å²) in [6.45, 7) is 7.30. The van der Waals surface area contributed by atoms with Crippen LogP contribution in [0.3, 0.4) is 0 Å². The summed E-state index contributed by atoms with van der Waals surface area (Å²) < 4.78 is 1.89. The third kappa shape index (κ3) is 3.33. The molecule has 1 saturated heterocycles. The number of fused-ring (bicyclic) bond motifs is 1. The molecule has 0 aliphatic carbocycles. The first-order valence-electron chi connectivity index (χ1n) is 8.92. The van der Waals surface area contributed by atoms with Gasteiger partial charge in [-0.2, -0.15) is 9.50 Å². The lowest BCUT2D eigenvalue weighted by Gasteiger charge is -2.35. The van der Waals surface area contributed by atoms with Crippen LogP contribution >= 0.6 is 0 Å². The fourth-order valence-corrected chi connectivity index (χ4v) is 3.25. The van der Waals surface area contributed by atoms with Crippen LogP contribution in [0.1, 0.15) is 12.6 Å². The van der Waals surface area contributed by atoms with Crippen LogP contribution in [0.2, 0.25) is 0 Å². The molecule has 136 valence electrons. The summed E-state index contributed by atoms with van der Waals surface area (Å²) in [7, 11) is 0. The van der Waals surface area contributed by atoms with Crippen LogP contribution in [-0.2, 0) is 6.61 Å². The number of likely N-dealkylation sites (N-methyl/N-ethyl adjacent to an activating group) is 1. The average Bonchev–Trinajstić information content (AvgIpc) is 3.10. The molecule has 0 radical (unpaired) electrons.